The summed E-state index contributed by atoms with van der Waals surface area (Å²) >= 11 is 1.52. The molecule has 0 amide bonds. The normalized spacial score (nSPS) is 14.1. The Balaban J connectivity index is 2.04. The first-order valence-electron chi connectivity index (χ1n) is 6.02. The molecule has 3 nitrogen and oxygen atoms in total. The van der Waals surface area contributed by atoms with Crippen molar-refractivity contribution in [3.63, 3.8) is 0 Å². The van der Waals surface area contributed by atoms with Crippen LogP contribution in [0.2, 0.25) is 0 Å². The molecular weight excluding hydrogens is 261 g/mol. The first kappa shape index (κ1) is 14.0. The van der Waals surface area contributed by atoms with E-state index in [1.54, 1.807) is 24.5 Å². The second-order valence-electron chi connectivity index (χ2n) is 4.44. The Bertz CT molecular complexity index is 527. The molecule has 0 fully saturated rings. The van der Waals surface area contributed by atoms with E-state index in [1.807, 2.05) is 13.8 Å². The lowest BCUT2D eigenvalue weighted by Crippen LogP contribution is -2.21. The number of aryl methyl sites for hydroxylation is 1. The predicted molar refractivity (Wildman–Crippen MR) is 75.4 cm³/mol. The summed E-state index contributed by atoms with van der Waals surface area (Å²) in [6, 6.07) is 6.10. The first-order valence-corrected chi connectivity index (χ1v) is 6.90. The minimum Gasteiger partial charge on any atom is -0.323 e. The fourth-order valence-electron chi connectivity index (χ4n) is 1.64. The average molecular weight is 277 g/mol. The second-order valence-corrected chi connectivity index (χ2v) is 5.79. The van der Waals surface area contributed by atoms with Gasteiger partial charge in [-0.1, -0.05) is 30.8 Å². The van der Waals surface area contributed by atoms with Gasteiger partial charge in [0.25, 0.3) is 0 Å². The number of halogens is 1. The molecule has 1 aromatic carbocycles. The van der Waals surface area contributed by atoms with E-state index in [9.17, 15) is 4.39 Å². The molecule has 1 heterocycles. The number of nitrogens with zero attached hydrogens (tertiary/aromatic N) is 2. The smallest absolute Gasteiger partial charge is 0.187 e. The van der Waals surface area contributed by atoms with E-state index in [0.29, 0.717) is 5.16 Å². The molecule has 1 aromatic heterocycles. The maximum absolute atomic E-state index is 12.9. The minimum absolute atomic E-state index is 0.105. The molecule has 0 aliphatic rings. The van der Waals surface area contributed by atoms with E-state index >= 15 is 0 Å². The van der Waals surface area contributed by atoms with Gasteiger partial charge in [-0.3, -0.25) is 0 Å². The number of thioether (sulfide) groups is 1. The van der Waals surface area contributed by atoms with Crippen molar-refractivity contribution in [2.45, 2.75) is 30.3 Å². The molecule has 0 saturated carbocycles. The summed E-state index contributed by atoms with van der Waals surface area (Å²) in [6.07, 6.45) is 3.57. The zero-order valence-corrected chi connectivity index (χ0v) is 11.7. The summed E-state index contributed by atoms with van der Waals surface area (Å²) in [5, 5.41) is 0.809. The lowest BCUT2D eigenvalue weighted by atomic mass is 10.1. The molecule has 0 aliphatic heterocycles. The van der Waals surface area contributed by atoms with Gasteiger partial charge >= 0.3 is 0 Å². The third kappa shape index (κ3) is 3.75. The monoisotopic (exact) mass is 277 g/mol. The van der Waals surface area contributed by atoms with Gasteiger partial charge in [0.1, 0.15) is 5.82 Å². The molecule has 2 atom stereocenters. The topological polar surface area (TPSA) is 51.8 Å². The molecule has 2 unspecified atom stereocenters. The number of hydrogen-bond acceptors (Lipinski definition) is 4. The van der Waals surface area contributed by atoms with Gasteiger partial charge in [-0.25, -0.2) is 14.4 Å². The van der Waals surface area contributed by atoms with Gasteiger partial charge in [0.05, 0.1) is 0 Å². The molecule has 5 heteroatoms. The van der Waals surface area contributed by atoms with Crippen LogP contribution < -0.4 is 5.73 Å². The predicted octanol–water partition coefficient (Wildman–Crippen LogP) is 3.10. The number of nitrogens with two attached hydrogens (primary N) is 1. The summed E-state index contributed by atoms with van der Waals surface area (Å²) in [6.45, 7) is 3.96. The van der Waals surface area contributed by atoms with Gasteiger partial charge in [-0.15, -0.1) is 0 Å². The van der Waals surface area contributed by atoms with Gasteiger partial charge in [0.2, 0.25) is 0 Å². The standard InChI is InChI=1S/C14H16FN3S/c1-9-7-17-14(18-8-9)19-10(2)13(16)11-3-5-12(15)6-4-11/h3-8,10,13H,16H2,1-2H3. The maximum Gasteiger partial charge on any atom is 0.187 e. The minimum atomic E-state index is -0.252. The highest BCUT2D eigenvalue weighted by Gasteiger charge is 2.17. The van der Waals surface area contributed by atoms with E-state index in [0.717, 1.165) is 11.1 Å². The second kappa shape index (κ2) is 6.12. The van der Waals surface area contributed by atoms with Crippen LogP contribution in [0, 0.1) is 12.7 Å². The van der Waals surface area contributed by atoms with Crippen LogP contribution in [0.4, 0.5) is 4.39 Å². The Kier molecular flexibility index (Phi) is 4.50. The largest absolute Gasteiger partial charge is 0.323 e. The quantitative estimate of drug-likeness (QED) is 0.689. The van der Waals surface area contributed by atoms with Crippen LogP contribution in [0.3, 0.4) is 0 Å². The van der Waals surface area contributed by atoms with E-state index in [2.05, 4.69) is 9.97 Å². The Morgan fingerprint density at radius 1 is 1.16 bits per heavy atom. The SMILES string of the molecule is Cc1cnc(SC(C)C(N)c2ccc(F)cc2)nc1. The highest BCUT2D eigenvalue weighted by atomic mass is 32.2. The van der Waals surface area contributed by atoms with Crippen molar-refractivity contribution in [1.29, 1.82) is 0 Å². The molecule has 2 aromatic rings. The Morgan fingerprint density at radius 2 is 1.74 bits per heavy atom. The number of hydrogen-bond donors (Lipinski definition) is 1. The lowest BCUT2D eigenvalue weighted by Gasteiger charge is -2.19. The summed E-state index contributed by atoms with van der Waals surface area (Å²) in [4.78, 5) is 8.49. The van der Waals surface area contributed by atoms with Crippen molar-refractivity contribution in [2.75, 3.05) is 0 Å². The molecule has 100 valence electrons. The van der Waals surface area contributed by atoms with E-state index in [1.165, 1.54) is 23.9 Å². The Hall–Kier alpha value is -1.46. The number of benzene rings is 1. The molecule has 0 aliphatic carbocycles. The van der Waals surface area contributed by atoms with Crippen molar-refractivity contribution >= 4 is 11.8 Å². The van der Waals surface area contributed by atoms with Crippen LogP contribution in [0.1, 0.15) is 24.1 Å². The zero-order chi connectivity index (χ0) is 13.8. The van der Waals surface area contributed by atoms with Gasteiger partial charge < -0.3 is 5.73 Å². The number of rotatable bonds is 4. The molecular formula is C14H16FN3S. The van der Waals surface area contributed by atoms with Gasteiger partial charge in [0.15, 0.2) is 5.16 Å². The van der Waals surface area contributed by atoms with Crippen LogP contribution in [0.25, 0.3) is 0 Å². The van der Waals surface area contributed by atoms with Crippen molar-refractivity contribution in [1.82, 2.24) is 9.97 Å². The Labute approximate surface area is 116 Å². The van der Waals surface area contributed by atoms with Crippen LogP contribution in [-0.2, 0) is 0 Å². The first-order chi connectivity index (χ1) is 9.06. The zero-order valence-electron chi connectivity index (χ0n) is 10.9. The van der Waals surface area contributed by atoms with E-state index < -0.39 is 0 Å². The molecule has 0 saturated heterocycles. The average Bonchev–Trinajstić information content (AvgIpc) is 2.41. The molecule has 0 bridgehead atoms. The Morgan fingerprint density at radius 3 is 2.32 bits per heavy atom. The summed E-state index contributed by atoms with van der Waals surface area (Å²) < 4.78 is 12.9. The fraction of sp³-hybridized carbons (Fsp3) is 0.286. The van der Waals surface area contributed by atoms with Gasteiger partial charge in [-0.05, 0) is 30.2 Å². The summed E-state index contributed by atoms with van der Waals surface area (Å²) in [5.74, 6) is -0.252. The van der Waals surface area contributed by atoms with Gasteiger partial charge in [0, 0.05) is 23.7 Å². The van der Waals surface area contributed by atoms with Crippen LogP contribution >= 0.6 is 11.8 Å². The maximum atomic E-state index is 12.9. The fourth-order valence-corrected chi connectivity index (χ4v) is 2.50. The molecule has 0 spiro atoms. The van der Waals surface area contributed by atoms with Crippen LogP contribution in [0.5, 0.6) is 0 Å². The van der Waals surface area contributed by atoms with Crippen LogP contribution in [0.15, 0.2) is 41.8 Å². The third-order valence-corrected chi connectivity index (χ3v) is 3.90. The van der Waals surface area contributed by atoms with Crippen molar-refractivity contribution in [2.24, 2.45) is 5.73 Å². The summed E-state index contributed by atoms with van der Waals surface area (Å²) in [7, 11) is 0. The third-order valence-electron chi connectivity index (χ3n) is 2.81. The van der Waals surface area contributed by atoms with Crippen molar-refractivity contribution in [3.8, 4) is 0 Å². The summed E-state index contributed by atoms with van der Waals surface area (Å²) in [5.41, 5.74) is 8.11. The van der Waals surface area contributed by atoms with E-state index in [-0.39, 0.29) is 17.1 Å². The van der Waals surface area contributed by atoms with Crippen LogP contribution in [-0.4, -0.2) is 15.2 Å². The highest BCUT2D eigenvalue weighted by molar-refractivity contribution is 7.99. The lowest BCUT2D eigenvalue weighted by molar-refractivity contribution is 0.624. The molecule has 2 N–H and O–H groups in total. The number of aromatic nitrogens is 2. The molecule has 2 rings (SSSR count). The molecule has 0 radical (unpaired) electrons. The molecule has 19 heavy (non-hydrogen) atoms. The van der Waals surface area contributed by atoms with E-state index in [4.69, 9.17) is 5.73 Å². The van der Waals surface area contributed by atoms with Crippen molar-refractivity contribution < 1.29 is 4.39 Å². The highest BCUT2D eigenvalue weighted by Crippen LogP contribution is 2.28. The van der Waals surface area contributed by atoms with Crippen molar-refractivity contribution in [3.05, 3.63) is 53.6 Å². The van der Waals surface area contributed by atoms with Gasteiger partial charge in [-0.2, -0.15) is 0 Å².